The number of thioether (sulfide) groups is 1. The van der Waals surface area contributed by atoms with E-state index in [1.807, 2.05) is 0 Å². The SMILES string of the molecule is CCOC(=O)c1ccc(NC(=O)CC2CSC3=NC4=NN=CC4C(=O)N32)cc1. The van der Waals surface area contributed by atoms with Gasteiger partial charge in [0.25, 0.3) is 0 Å². The van der Waals surface area contributed by atoms with Crippen LogP contribution in [0.1, 0.15) is 23.7 Å². The summed E-state index contributed by atoms with van der Waals surface area (Å²) < 4.78 is 4.93. The molecule has 0 bridgehead atoms. The van der Waals surface area contributed by atoms with Gasteiger partial charge < -0.3 is 10.1 Å². The van der Waals surface area contributed by atoms with Crippen LogP contribution in [-0.2, 0) is 14.3 Å². The van der Waals surface area contributed by atoms with Crippen molar-refractivity contribution in [2.75, 3.05) is 17.7 Å². The fourth-order valence-corrected chi connectivity index (χ4v) is 4.26. The number of hydrogen-bond donors (Lipinski definition) is 1. The molecule has 3 aliphatic heterocycles. The third-order valence-corrected chi connectivity index (χ3v) is 5.54. The number of fused-ring (bicyclic) bond motifs is 2. The zero-order valence-electron chi connectivity index (χ0n) is 15.0. The summed E-state index contributed by atoms with van der Waals surface area (Å²) in [6.45, 7) is 2.04. The molecule has 3 aliphatic rings. The third kappa shape index (κ3) is 3.42. The summed E-state index contributed by atoms with van der Waals surface area (Å²) >= 11 is 1.43. The molecule has 1 fully saturated rings. The average molecular weight is 399 g/mol. The summed E-state index contributed by atoms with van der Waals surface area (Å²) in [6, 6.07) is 6.20. The zero-order chi connectivity index (χ0) is 19.7. The molecule has 10 heteroatoms. The van der Waals surface area contributed by atoms with E-state index < -0.39 is 11.9 Å². The lowest BCUT2D eigenvalue weighted by atomic mass is 10.1. The molecule has 9 nitrogen and oxygen atoms in total. The molecule has 0 aromatic heterocycles. The normalized spacial score (nSPS) is 22.3. The molecule has 0 aliphatic carbocycles. The number of hydrogen-bond acceptors (Lipinski definition) is 8. The highest BCUT2D eigenvalue weighted by Crippen LogP contribution is 2.32. The summed E-state index contributed by atoms with van der Waals surface area (Å²) in [6.07, 6.45) is 1.62. The number of anilines is 1. The molecule has 1 saturated heterocycles. The number of aliphatic imine (C=N–C) groups is 1. The molecule has 4 rings (SSSR count). The molecule has 144 valence electrons. The van der Waals surface area contributed by atoms with Crippen LogP contribution in [0.25, 0.3) is 0 Å². The number of benzene rings is 1. The molecule has 2 unspecified atom stereocenters. The topological polar surface area (TPSA) is 113 Å². The zero-order valence-corrected chi connectivity index (χ0v) is 15.8. The maximum absolute atomic E-state index is 12.7. The molecule has 1 aromatic carbocycles. The van der Waals surface area contributed by atoms with Crippen molar-refractivity contribution >= 4 is 52.5 Å². The minimum Gasteiger partial charge on any atom is -0.462 e. The van der Waals surface area contributed by atoms with E-state index >= 15 is 0 Å². The van der Waals surface area contributed by atoms with E-state index in [-0.39, 0.29) is 24.3 Å². The Morgan fingerprint density at radius 1 is 1.32 bits per heavy atom. The van der Waals surface area contributed by atoms with E-state index in [0.717, 1.165) is 0 Å². The molecule has 2 atom stereocenters. The van der Waals surface area contributed by atoms with Gasteiger partial charge in [-0.05, 0) is 31.2 Å². The van der Waals surface area contributed by atoms with E-state index in [4.69, 9.17) is 4.74 Å². The van der Waals surface area contributed by atoms with Gasteiger partial charge in [0.2, 0.25) is 11.8 Å². The van der Waals surface area contributed by atoms with Crippen molar-refractivity contribution in [1.82, 2.24) is 4.90 Å². The Kier molecular flexibility index (Phi) is 4.95. The van der Waals surface area contributed by atoms with Gasteiger partial charge in [-0.3, -0.25) is 14.5 Å². The van der Waals surface area contributed by atoms with Gasteiger partial charge >= 0.3 is 5.97 Å². The number of amides is 2. The molecule has 3 heterocycles. The summed E-state index contributed by atoms with van der Waals surface area (Å²) in [4.78, 5) is 42.8. The Bertz CT molecular complexity index is 924. The van der Waals surface area contributed by atoms with Crippen LogP contribution in [0.2, 0.25) is 0 Å². The number of esters is 1. The van der Waals surface area contributed by atoms with Crippen molar-refractivity contribution in [3.63, 3.8) is 0 Å². The average Bonchev–Trinajstić information content (AvgIpc) is 3.30. The van der Waals surface area contributed by atoms with Crippen molar-refractivity contribution in [3.8, 4) is 0 Å². The first-order chi connectivity index (χ1) is 13.6. The fraction of sp³-hybridized carbons (Fsp3) is 0.333. The standard InChI is InChI=1S/C18H17N5O4S/c1-2-27-17(26)10-3-5-11(6-4-10)20-14(24)7-12-9-28-18-21-15-13(8-19-22-15)16(25)23(12)18/h3-6,8,12-13H,2,7,9H2,1H3,(H,20,24). The molecule has 0 radical (unpaired) electrons. The quantitative estimate of drug-likeness (QED) is 0.755. The Balaban J connectivity index is 1.39. The van der Waals surface area contributed by atoms with E-state index in [2.05, 4.69) is 20.5 Å². The van der Waals surface area contributed by atoms with Crippen molar-refractivity contribution in [2.45, 2.75) is 19.4 Å². The molecule has 0 spiro atoms. The predicted octanol–water partition coefficient (Wildman–Crippen LogP) is 1.52. The summed E-state index contributed by atoms with van der Waals surface area (Å²) in [5.41, 5.74) is 0.988. The van der Waals surface area contributed by atoms with Gasteiger partial charge in [-0.15, -0.1) is 5.10 Å². The molecule has 28 heavy (non-hydrogen) atoms. The smallest absolute Gasteiger partial charge is 0.338 e. The maximum atomic E-state index is 12.7. The highest BCUT2D eigenvalue weighted by molar-refractivity contribution is 8.14. The van der Waals surface area contributed by atoms with Gasteiger partial charge in [0.15, 0.2) is 11.0 Å². The van der Waals surface area contributed by atoms with Crippen LogP contribution in [0.15, 0.2) is 39.5 Å². The maximum Gasteiger partial charge on any atom is 0.338 e. The Morgan fingerprint density at radius 2 is 2.11 bits per heavy atom. The van der Waals surface area contributed by atoms with Crippen LogP contribution in [-0.4, -0.2) is 58.3 Å². The highest BCUT2D eigenvalue weighted by atomic mass is 32.2. The van der Waals surface area contributed by atoms with Gasteiger partial charge in [0, 0.05) is 24.1 Å². The van der Waals surface area contributed by atoms with Gasteiger partial charge in [-0.25, -0.2) is 9.79 Å². The number of nitrogens with one attached hydrogen (secondary N) is 1. The summed E-state index contributed by atoms with van der Waals surface area (Å²) in [5, 5.41) is 11.0. The molecule has 2 amide bonds. The minimum absolute atomic E-state index is 0.147. The summed E-state index contributed by atoms with van der Waals surface area (Å²) in [5.74, 6) is -0.317. The van der Waals surface area contributed by atoms with Crippen molar-refractivity contribution in [3.05, 3.63) is 29.8 Å². The lowest BCUT2D eigenvalue weighted by molar-refractivity contribution is -0.129. The highest BCUT2D eigenvalue weighted by Gasteiger charge is 2.45. The fourth-order valence-electron chi connectivity index (χ4n) is 3.11. The number of carbonyl (C=O) groups excluding carboxylic acids is 3. The number of nitrogens with zero attached hydrogens (tertiary/aromatic N) is 4. The second kappa shape index (κ2) is 7.55. The molecular formula is C18H17N5O4S. The number of rotatable bonds is 5. The molecule has 1 aromatic rings. The van der Waals surface area contributed by atoms with Gasteiger partial charge in [-0.1, -0.05) is 11.8 Å². The van der Waals surface area contributed by atoms with Crippen LogP contribution < -0.4 is 5.32 Å². The van der Waals surface area contributed by atoms with Crippen molar-refractivity contribution < 1.29 is 19.1 Å². The van der Waals surface area contributed by atoms with E-state index in [9.17, 15) is 14.4 Å². The van der Waals surface area contributed by atoms with Gasteiger partial charge in [-0.2, -0.15) is 5.10 Å². The van der Waals surface area contributed by atoms with Crippen LogP contribution in [0.4, 0.5) is 5.69 Å². The van der Waals surface area contributed by atoms with E-state index in [1.54, 1.807) is 36.1 Å². The lowest BCUT2D eigenvalue weighted by Crippen LogP contribution is -2.49. The number of ether oxygens (including phenoxy) is 1. The summed E-state index contributed by atoms with van der Waals surface area (Å²) in [7, 11) is 0. The number of carbonyl (C=O) groups is 3. The largest absolute Gasteiger partial charge is 0.462 e. The Morgan fingerprint density at radius 3 is 2.86 bits per heavy atom. The van der Waals surface area contributed by atoms with E-state index in [1.165, 1.54) is 18.0 Å². The van der Waals surface area contributed by atoms with Crippen molar-refractivity contribution in [1.29, 1.82) is 0 Å². The predicted molar refractivity (Wildman–Crippen MR) is 106 cm³/mol. The van der Waals surface area contributed by atoms with Crippen molar-refractivity contribution in [2.24, 2.45) is 21.1 Å². The van der Waals surface area contributed by atoms with Crippen LogP contribution in [0.3, 0.4) is 0 Å². The van der Waals surface area contributed by atoms with Gasteiger partial charge in [0.05, 0.1) is 18.2 Å². The van der Waals surface area contributed by atoms with Crippen LogP contribution in [0, 0.1) is 5.92 Å². The molecule has 1 N–H and O–H groups in total. The second-order valence-electron chi connectivity index (χ2n) is 6.32. The first kappa shape index (κ1) is 18.4. The second-order valence-corrected chi connectivity index (χ2v) is 7.31. The monoisotopic (exact) mass is 399 g/mol. The first-order valence-corrected chi connectivity index (χ1v) is 9.78. The lowest BCUT2D eigenvalue weighted by Gasteiger charge is -2.28. The Hall–Kier alpha value is -3.01. The van der Waals surface area contributed by atoms with Gasteiger partial charge in [0.1, 0.15) is 5.92 Å². The minimum atomic E-state index is -0.552. The molecule has 0 saturated carbocycles. The van der Waals surface area contributed by atoms with Crippen LogP contribution in [0.5, 0.6) is 0 Å². The molecular weight excluding hydrogens is 382 g/mol. The third-order valence-electron chi connectivity index (χ3n) is 4.44. The van der Waals surface area contributed by atoms with Crippen LogP contribution >= 0.6 is 11.8 Å². The first-order valence-electron chi connectivity index (χ1n) is 8.79. The number of amidine groups is 2. The van der Waals surface area contributed by atoms with E-state index in [0.29, 0.717) is 34.6 Å². The Labute approximate surface area is 164 Å².